The van der Waals surface area contributed by atoms with Crippen LogP contribution in [0.1, 0.15) is 0 Å². The Morgan fingerprint density at radius 1 is 0.833 bits per heavy atom. The third-order valence-electron chi connectivity index (χ3n) is 0.460. The van der Waals surface area contributed by atoms with Crippen molar-refractivity contribution in [3.05, 3.63) is 0 Å². The molecule has 71 valence electrons. The van der Waals surface area contributed by atoms with Crippen LogP contribution in [0.25, 0.3) is 0 Å². The predicted octanol–water partition coefficient (Wildman–Crippen LogP) is 1.47. The first-order valence-electron chi connectivity index (χ1n) is 2.25. The van der Waals surface area contributed by atoms with E-state index >= 15 is 0 Å². The molecule has 0 aromatic heterocycles. The fourth-order valence-electron chi connectivity index (χ4n) is 0.242. The van der Waals surface area contributed by atoms with E-state index in [9.17, 15) is 31.4 Å². The average Bonchev–Trinajstić information content (AvgIpc) is 1.49. The molecule has 0 N–H and O–H groups in total. The minimum Gasteiger partial charge on any atom is -0.296 e. The highest BCUT2D eigenvalue weighted by atomic mass is 19.4. The van der Waals surface area contributed by atoms with Crippen LogP contribution < -0.4 is 0 Å². The molecule has 0 aromatic carbocycles. The second-order valence-corrected chi connectivity index (χ2v) is 1.42. The van der Waals surface area contributed by atoms with Crippen molar-refractivity contribution in [2.24, 2.45) is 0 Å². The average molecular weight is 197 g/mol. The summed E-state index contributed by atoms with van der Waals surface area (Å²) in [6.07, 6.45) is -10.9. The van der Waals surface area contributed by atoms with E-state index in [4.69, 9.17) is 0 Å². The SMILES string of the molecule is [O]B(OC(F)(F)F)OC(F)(F)F. The van der Waals surface area contributed by atoms with Crippen molar-refractivity contribution in [2.75, 3.05) is 0 Å². The fourth-order valence-corrected chi connectivity index (χ4v) is 0.242. The Labute approximate surface area is 62.0 Å². The van der Waals surface area contributed by atoms with Gasteiger partial charge in [0.15, 0.2) is 0 Å². The number of alkyl halides is 6. The quantitative estimate of drug-likeness (QED) is 0.496. The molecule has 0 aromatic rings. The number of hydrogen-bond acceptors (Lipinski definition) is 2. The number of halogens is 6. The van der Waals surface area contributed by atoms with E-state index in [0.717, 1.165) is 0 Å². The summed E-state index contributed by atoms with van der Waals surface area (Å²) >= 11 is 0. The molecule has 0 aliphatic rings. The van der Waals surface area contributed by atoms with Gasteiger partial charge in [-0.15, -0.1) is 26.3 Å². The molecule has 0 spiro atoms. The molecular weight excluding hydrogens is 197 g/mol. The molecular formula is C2BF6O3. The Morgan fingerprint density at radius 3 is 1.25 bits per heavy atom. The first-order valence-corrected chi connectivity index (χ1v) is 2.25. The summed E-state index contributed by atoms with van der Waals surface area (Å²) in [5, 5.41) is 9.67. The van der Waals surface area contributed by atoms with E-state index in [2.05, 4.69) is 9.31 Å². The molecule has 12 heavy (non-hydrogen) atoms. The van der Waals surface area contributed by atoms with Crippen LogP contribution in [0.5, 0.6) is 0 Å². The van der Waals surface area contributed by atoms with Crippen LogP contribution in [-0.4, -0.2) is 20.0 Å². The molecule has 10 heteroatoms. The third-order valence-corrected chi connectivity index (χ3v) is 0.460. The second kappa shape index (κ2) is 3.50. The van der Waals surface area contributed by atoms with E-state index < -0.39 is 20.0 Å². The van der Waals surface area contributed by atoms with E-state index in [1.165, 1.54) is 0 Å². The predicted molar refractivity (Wildman–Crippen MR) is 20.7 cm³/mol. The Kier molecular flexibility index (Phi) is 3.36. The largest absolute Gasteiger partial charge is 0.679 e. The number of rotatable bonds is 2. The van der Waals surface area contributed by atoms with Crippen molar-refractivity contribution >= 4 is 7.32 Å². The lowest BCUT2D eigenvalue weighted by atomic mass is 10.2. The van der Waals surface area contributed by atoms with Crippen LogP contribution in [0.15, 0.2) is 0 Å². The van der Waals surface area contributed by atoms with Gasteiger partial charge in [0, 0.05) is 0 Å². The van der Waals surface area contributed by atoms with Crippen molar-refractivity contribution in [1.82, 2.24) is 0 Å². The van der Waals surface area contributed by atoms with Gasteiger partial charge in [0.1, 0.15) is 0 Å². The van der Waals surface area contributed by atoms with E-state index in [1.807, 2.05) is 0 Å². The molecule has 0 fully saturated rings. The highest BCUT2D eigenvalue weighted by Crippen LogP contribution is 2.22. The zero-order chi connectivity index (χ0) is 9.99. The van der Waals surface area contributed by atoms with Crippen LogP contribution in [-0.2, 0) is 14.3 Å². The number of hydrogen-bond donors (Lipinski definition) is 0. The minimum atomic E-state index is -5.45. The van der Waals surface area contributed by atoms with Crippen LogP contribution >= 0.6 is 0 Å². The molecule has 0 atom stereocenters. The normalized spacial score (nSPS) is 13.2. The van der Waals surface area contributed by atoms with Crippen molar-refractivity contribution in [3.63, 3.8) is 0 Å². The zero-order valence-corrected chi connectivity index (χ0v) is 5.07. The van der Waals surface area contributed by atoms with Crippen molar-refractivity contribution in [2.45, 2.75) is 12.7 Å². The summed E-state index contributed by atoms with van der Waals surface area (Å²) in [6.45, 7) is 0. The summed E-state index contributed by atoms with van der Waals surface area (Å²) in [6, 6.07) is 0. The van der Waals surface area contributed by atoms with Crippen LogP contribution in [0.4, 0.5) is 26.3 Å². The summed E-state index contributed by atoms with van der Waals surface area (Å²) in [5.74, 6) is 0. The van der Waals surface area contributed by atoms with Gasteiger partial charge in [-0.05, 0) is 0 Å². The van der Waals surface area contributed by atoms with Crippen LogP contribution in [0, 0.1) is 0 Å². The molecule has 0 saturated carbocycles. The Bertz CT molecular complexity index is 125. The smallest absolute Gasteiger partial charge is 0.296 e. The van der Waals surface area contributed by atoms with Crippen LogP contribution in [0.3, 0.4) is 0 Å². The molecule has 0 saturated heterocycles. The van der Waals surface area contributed by atoms with Gasteiger partial charge in [-0.2, -0.15) is 0 Å². The lowest BCUT2D eigenvalue weighted by molar-refractivity contribution is -0.327. The van der Waals surface area contributed by atoms with Crippen LogP contribution in [0.2, 0.25) is 0 Å². The first kappa shape index (κ1) is 11.5. The lowest BCUT2D eigenvalue weighted by Crippen LogP contribution is -2.34. The molecule has 0 rings (SSSR count). The summed E-state index contributed by atoms with van der Waals surface area (Å²) in [7, 11) is -3.65. The van der Waals surface area contributed by atoms with Crippen molar-refractivity contribution in [1.29, 1.82) is 0 Å². The first-order chi connectivity index (χ1) is 5.10. The zero-order valence-electron chi connectivity index (χ0n) is 5.07. The van der Waals surface area contributed by atoms with Gasteiger partial charge in [0.05, 0.1) is 0 Å². The maximum atomic E-state index is 11.0. The molecule has 0 bridgehead atoms. The standard InChI is InChI=1S/C2BF6O3/c4-1(5,6)11-3(10)12-2(7,8)9. The fraction of sp³-hybridized carbons (Fsp3) is 1.00. The maximum Gasteiger partial charge on any atom is 0.679 e. The molecule has 0 unspecified atom stereocenters. The second-order valence-electron chi connectivity index (χ2n) is 1.42. The Balaban J connectivity index is 3.83. The van der Waals surface area contributed by atoms with E-state index in [1.54, 1.807) is 0 Å². The topological polar surface area (TPSA) is 38.4 Å². The molecule has 0 heterocycles. The Morgan fingerprint density at radius 2 is 1.08 bits per heavy atom. The van der Waals surface area contributed by atoms with Gasteiger partial charge in [-0.1, -0.05) is 0 Å². The van der Waals surface area contributed by atoms with Gasteiger partial charge in [-0.25, -0.2) is 5.02 Å². The van der Waals surface area contributed by atoms with Gasteiger partial charge in [0.2, 0.25) is 0 Å². The summed E-state index contributed by atoms with van der Waals surface area (Å²) in [5.41, 5.74) is 0. The van der Waals surface area contributed by atoms with Crippen molar-refractivity contribution < 1.29 is 40.7 Å². The maximum absolute atomic E-state index is 11.0. The summed E-state index contributed by atoms with van der Waals surface area (Å²) < 4.78 is 70.7. The van der Waals surface area contributed by atoms with E-state index in [0.29, 0.717) is 0 Å². The Hall–Kier alpha value is -0.475. The highest BCUT2D eigenvalue weighted by Gasteiger charge is 2.45. The van der Waals surface area contributed by atoms with Gasteiger partial charge >= 0.3 is 20.0 Å². The summed E-state index contributed by atoms with van der Waals surface area (Å²) in [4.78, 5) is 0. The molecule has 0 aliphatic carbocycles. The van der Waals surface area contributed by atoms with Gasteiger partial charge in [-0.3, -0.25) is 9.31 Å². The molecule has 0 aliphatic heterocycles. The molecule has 1 radical (unpaired) electrons. The highest BCUT2D eigenvalue weighted by molar-refractivity contribution is 6.34. The van der Waals surface area contributed by atoms with Gasteiger partial charge in [0.25, 0.3) is 0 Å². The molecule has 3 nitrogen and oxygen atoms in total. The monoisotopic (exact) mass is 197 g/mol. The van der Waals surface area contributed by atoms with Gasteiger partial charge < -0.3 is 0 Å². The minimum absolute atomic E-state index is 2.32. The van der Waals surface area contributed by atoms with Crippen molar-refractivity contribution in [3.8, 4) is 0 Å². The third kappa shape index (κ3) is 7.63. The lowest BCUT2D eigenvalue weighted by Gasteiger charge is -2.10. The molecule has 0 amide bonds. The van der Waals surface area contributed by atoms with E-state index in [-0.39, 0.29) is 0 Å².